The summed E-state index contributed by atoms with van der Waals surface area (Å²) in [5, 5.41) is 0. The number of hydrogen-bond donors (Lipinski definition) is 0. The van der Waals surface area contributed by atoms with Crippen LogP contribution in [0.4, 0.5) is 0 Å². The standard InChI is InChI=1S/C8H18O3P.C5H11OP/c1-7(2)5-10-12(9)11-6-8(3)4;1-7(6)4-2-3-5-7/h7-8H,5-6H2,1-4H3;2-5H2,1H3/q+1;. The highest BCUT2D eigenvalue weighted by Gasteiger charge is 2.21. The van der Waals surface area contributed by atoms with Crippen LogP contribution in [-0.4, -0.2) is 32.2 Å². The molecule has 0 bridgehead atoms. The van der Waals surface area contributed by atoms with Crippen LogP contribution in [0.15, 0.2) is 0 Å². The molecule has 0 unspecified atom stereocenters. The van der Waals surface area contributed by atoms with Gasteiger partial charge in [-0.2, -0.15) is 0 Å². The van der Waals surface area contributed by atoms with E-state index in [0.717, 1.165) is 12.3 Å². The second kappa shape index (κ2) is 10.0. The van der Waals surface area contributed by atoms with Gasteiger partial charge in [-0.05, 0) is 31.3 Å². The fourth-order valence-corrected chi connectivity index (χ4v) is 4.38. The Bertz CT molecular complexity index is 279. The molecule has 19 heavy (non-hydrogen) atoms. The van der Waals surface area contributed by atoms with E-state index in [1.807, 2.05) is 34.4 Å². The Morgan fingerprint density at radius 2 is 1.37 bits per heavy atom. The number of rotatable bonds is 6. The zero-order valence-electron chi connectivity index (χ0n) is 12.9. The maximum absolute atomic E-state index is 11.0. The van der Waals surface area contributed by atoms with E-state index in [1.165, 1.54) is 12.8 Å². The third-order valence-corrected chi connectivity index (χ3v) is 5.78. The van der Waals surface area contributed by atoms with Crippen molar-refractivity contribution in [3.63, 3.8) is 0 Å². The smallest absolute Gasteiger partial charge is 0.324 e. The average Bonchev–Trinajstić information content (AvgIpc) is 2.69. The highest BCUT2D eigenvalue weighted by molar-refractivity contribution is 7.63. The summed E-state index contributed by atoms with van der Waals surface area (Å²) in [6, 6.07) is 0. The molecule has 6 heteroatoms. The van der Waals surface area contributed by atoms with Gasteiger partial charge in [0.05, 0.1) is 7.14 Å². The van der Waals surface area contributed by atoms with E-state index >= 15 is 0 Å². The zero-order valence-corrected chi connectivity index (χ0v) is 14.7. The molecule has 1 heterocycles. The van der Waals surface area contributed by atoms with E-state index in [0.29, 0.717) is 25.0 Å². The minimum Gasteiger partial charge on any atom is -0.324 e. The van der Waals surface area contributed by atoms with Crippen LogP contribution in [0.3, 0.4) is 0 Å². The van der Waals surface area contributed by atoms with Crippen LogP contribution in [-0.2, 0) is 18.2 Å². The van der Waals surface area contributed by atoms with Crippen molar-refractivity contribution in [2.75, 3.05) is 32.2 Å². The molecule has 1 rings (SSSR count). The maximum atomic E-state index is 11.0. The lowest BCUT2D eigenvalue weighted by molar-refractivity contribution is 0.192. The molecule has 0 radical (unpaired) electrons. The Morgan fingerprint density at radius 3 is 1.58 bits per heavy atom. The van der Waals surface area contributed by atoms with Crippen LogP contribution >= 0.6 is 15.4 Å². The predicted molar refractivity (Wildman–Crippen MR) is 81.7 cm³/mol. The second-order valence-corrected chi connectivity index (χ2v) is 10.5. The zero-order chi connectivity index (χ0) is 14.9. The predicted octanol–water partition coefficient (Wildman–Crippen LogP) is 4.76. The molecule has 4 nitrogen and oxygen atoms in total. The van der Waals surface area contributed by atoms with Gasteiger partial charge in [0.15, 0.2) is 0 Å². The molecule has 114 valence electrons. The molecule has 0 N–H and O–H groups in total. The Kier molecular flexibility index (Phi) is 10.2. The Hall–Kier alpha value is 0.250. The summed E-state index contributed by atoms with van der Waals surface area (Å²) in [6.45, 7) is 10.9. The molecule has 0 saturated carbocycles. The largest absolute Gasteiger partial charge is 0.697 e. The van der Waals surface area contributed by atoms with Crippen molar-refractivity contribution >= 4 is 15.4 Å². The van der Waals surface area contributed by atoms with Crippen LogP contribution in [0.2, 0.25) is 0 Å². The third-order valence-electron chi connectivity index (χ3n) is 2.54. The van der Waals surface area contributed by atoms with Gasteiger partial charge in [-0.3, -0.25) is 0 Å². The lowest BCUT2D eigenvalue weighted by Gasteiger charge is -1.97. The molecule has 0 amide bonds. The fraction of sp³-hybridized carbons (Fsp3) is 1.00. The minimum atomic E-state index is -1.90. The second-order valence-electron chi connectivity index (χ2n) is 6.05. The molecule has 0 spiro atoms. The third kappa shape index (κ3) is 13.0. The summed E-state index contributed by atoms with van der Waals surface area (Å²) in [5.74, 6) is 0.790. The van der Waals surface area contributed by atoms with Gasteiger partial charge in [0.25, 0.3) is 0 Å². The molecule has 0 aromatic heterocycles. The summed E-state index contributed by atoms with van der Waals surface area (Å²) >= 11 is 0. The summed E-state index contributed by atoms with van der Waals surface area (Å²) in [7, 11) is -3.44. The lowest BCUT2D eigenvalue weighted by atomic mass is 10.2. The summed E-state index contributed by atoms with van der Waals surface area (Å²) in [5.41, 5.74) is 0. The molecular weight excluding hydrogens is 282 g/mol. The SMILES string of the molecule is CC(C)CO[P+](=O)OCC(C)C.CP1(=O)CCCC1. The minimum absolute atomic E-state index is 0.395. The molecule has 0 aromatic rings. The van der Waals surface area contributed by atoms with Crippen molar-refractivity contribution in [1.29, 1.82) is 0 Å². The molecular formula is C13H29O4P2+. The Morgan fingerprint density at radius 1 is 1.00 bits per heavy atom. The van der Waals surface area contributed by atoms with E-state index in [4.69, 9.17) is 9.05 Å². The topological polar surface area (TPSA) is 52.6 Å². The van der Waals surface area contributed by atoms with E-state index in [9.17, 15) is 9.13 Å². The first-order chi connectivity index (χ1) is 8.73. The van der Waals surface area contributed by atoms with Gasteiger partial charge in [-0.15, -0.1) is 9.05 Å². The Labute approximate surface area is 119 Å². The highest BCUT2D eigenvalue weighted by Crippen LogP contribution is 2.47. The van der Waals surface area contributed by atoms with E-state index in [2.05, 4.69) is 0 Å². The van der Waals surface area contributed by atoms with Crippen LogP contribution in [0.5, 0.6) is 0 Å². The molecule has 1 aliphatic rings. The molecule has 1 aliphatic heterocycles. The first-order valence-corrected chi connectivity index (χ1v) is 10.6. The normalized spacial score (nSPS) is 17.4. The van der Waals surface area contributed by atoms with Gasteiger partial charge < -0.3 is 4.57 Å². The first kappa shape index (κ1) is 19.2. The van der Waals surface area contributed by atoms with Crippen molar-refractivity contribution in [1.82, 2.24) is 0 Å². The van der Waals surface area contributed by atoms with Gasteiger partial charge in [0, 0.05) is 16.9 Å². The maximum Gasteiger partial charge on any atom is 0.697 e. The molecule has 1 fully saturated rings. The number of hydrogen-bond acceptors (Lipinski definition) is 4. The molecule has 0 aromatic carbocycles. The van der Waals surface area contributed by atoms with Gasteiger partial charge in [-0.25, -0.2) is 0 Å². The van der Waals surface area contributed by atoms with Crippen LogP contribution in [0, 0.1) is 11.8 Å². The highest BCUT2D eigenvalue weighted by atomic mass is 31.2. The fourth-order valence-electron chi connectivity index (χ4n) is 1.46. The molecule has 0 aliphatic carbocycles. The quantitative estimate of drug-likeness (QED) is 0.663. The van der Waals surface area contributed by atoms with E-state index < -0.39 is 15.4 Å². The van der Waals surface area contributed by atoms with Crippen molar-refractivity contribution in [3.05, 3.63) is 0 Å². The Balaban J connectivity index is 0.000000388. The van der Waals surface area contributed by atoms with Gasteiger partial charge in [0.2, 0.25) is 0 Å². The van der Waals surface area contributed by atoms with Gasteiger partial charge >= 0.3 is 8.25 Å². The van der Waals surface area contributed by atoms with Crippen molar-refractivity contribution < 1.29 is 18.2 Å². The van der Waals surface area contributed by atoms with Gasteiger partial charge in [0.1, 0.15) is 13.2 Å². The monoisotopic (exact) mass is 311 g/mol. The molecule has 1 saturated heterocycles. The van der Waals surface area contributed by atoms with Crippen molar-refractivity contribution in [2.45, 2.75) is 40.5 Å². The van der Waals surface area contributed by atoms with Crippen molar-refractivity contribution in [3.8, 4) is 0 Å². The lowest BCUT2D eigenvalue weighted by Crippen LogP contribution is -2.00. The average molecular weight is 311 g/mol. The van der Waals surface area contributed by atoms with Gasteiger partial charge in [-0.1, -0.05) is 27.7 Å². The van der Waals surface area contributed by atoms with E-state index in [-0.39, 0.29) is 0 Å². The summed E-state index contributed by atoms with van der Waals surface area (Å²) < 4.78 is 31.9. The van der Waals surface area contributed by atoms with Crippen LogP contribution < -0.4 is 0 Å². The molecule has 0 atom stereocenters. The summed E-state index contributed by atoms with van der Waals surface area (Å²) in [6.07, 6.45) is 4.42. The first-order valence-electron chi connectivity index (χ1n) is 7.01. The van der Waals surface area contributed by atoms with E-state index in [1.54, 1.807) is 0 Å². The summed E-state index contributed by atoms with van der Waals surface area (Å²) in [4.78, 5) is 0. The van der Waals surface area contributed by atoms with Crippen LogP contribution in [0.25, 0.3) is 0 Å². The van der Waals surface area contributed by atoms with Crippen LogP contribution in [0.1, 0.15) is 40.5 Å². The van der Waals surface area contributed by atoms with Crippen molar-refractivity contribution in [2.24, 2.45) is 11.8 Å².